The maximum absolute atomic E-state index is 13.0. The molecule has 0 radical (unpaired) electrons. The Balaban J connectivity index is 1.65. The predicted octanol–water partition coefficient (Wildman–Crippen LogP) is 3.06. The Labute approximate surface area is 170 Å². The molecule has 1 amide bonds. The zero-order valence-electron chi connectivity index (χ0n) is 15.3. The summed E-state index contributed by atoms with van der Waals surface area (Å²) in [5, 5.41) is 20.5. The molecule has 3 rings (SSSR count). The minimum atomic E-state index is -0.351. The van der Waals surface area contributed by atoms with Crippen LogP contribution in [0, 0.1) is 18.7 Å². The molecular formula is C20H20BrFN4O2. The van der Waals surface area contributed by atoms with Crippen molar-refractivity contribution >= 4 is 21.8 Å². The van der Waals surface area contributed by atoms with Crippen molar-refractivity contribution in [2.75, 3.05) is 13.2 Å². The van der Waals surface area contributed by atoms with Gasteiger partial charge in [-0.05, 0) is 49.2 Å². The average molecular weight is 447 g/mol. The monoisotopic (exact) mass is 446 g/mol. The zero-order chi connectivity index (χ0) is 20.1. The molecule has 0 aliphatic heterocycles. The van der Waals surface area contributed by atoms with Gasteiger partial charge in [-0.15, -0.1) is 5.10 Å². The van der Waals surface area contributed by atoms with Gasteiger partial charge in [-0.3, -0.25) is 4.79 Å². The highest BCUT2D eigenvalue weighted by atomic mass is 79.9. The van der Waals surface area contributed by atoms with Crippen LogP contribution in [0.3, 0.4) is 0 Å². The molecule has 8 heteroatoms. The van der Waals surface area contributed by atoms with E-state index >= 15 is 0 Å². The van der Waals surface area contributed by atoms with Crippen LogP contribution < -0.4 is 5.32 Å². The fourth-order valence-corrected chi connectivity index (χ4v) is 3.26. The lowest BCUT2D eigenvalue weighted by molar-refractivity contribution is 0.0934. The van der Waals surface area contributed by atoms with E-state index in [4.69, 9.17) is 0 Å². The van der Waals surface area contributed by atoms with E-state index in [0.29, 0.717) is 12.1 Å². The van der Waals surface area contributed by atoms with Crippen molar-refractivity contribution in [3.05, 3.63) is 75.8 Å². The third-order valence-electron chi connectivity index (χ3n) is 4.41. The largest absolute Gasteiger partial charge is 0.396 e. The van der Waals surface area contributed by atoms with Crippen molar-refractivity contribution in [2.45, 2.75) is 13.3 Å². The zero-order valence-corrected chi connectivity index (χ0v) is 16.9. The summed E-state index contributed by atoms with van der Waals surface area (Å²) < 4.78 is 15.5. The highest BCUT2D eigenvalue weighted by molar-refractivity contribution is 9.10. The second kappa shape index (κ2) is 9.07. The molecule has 0 aliphatic carbocycles. The predicted molar refractivity (Wildman–Crippen MR) is 107 cm³/mol. The third-order valence-corrected chi connectivity index (χ3v) is 4.90. The van der Waals surface area contributed by atoms with E-state index in [0.717, 1.165) is 15.7 Å². The van der Waals surface area contributed by atoms with Gasteiger partial charge in [0, 0.05) is 23.5 Å². The number of rotatable bonds is 7. The summed E-state index contributed by atoms with van der Waals surface area (Å²) in [6, 6.07) is 13.6. The molecule has 6 nitrogen and oxygen atoms in total. The van der Waals surface area contributed by atoms with Crippen LogP contribution in [-0.4, -0.2) is 39.2 Å². The van der Waals surface area contributed by atoms with Crippen LogP contribution in [-0.2, 0) is 6.42 Å². The van der Waals surface area contributed by atoms with Crippen LogP contribution in [0.1, 0.15) is 21.7 Å². The molecule has 0 saturated heterocycles. The standard InChI is InChI=1S/C20H20BrFN4O2/c1-13-19(24-25-26(13)18-4-2-3-16(21)10-18)20(28)23-11-15(12-27)9-14-5-7-17(22)8-6-14/h2-8,10,15,27H,9,11-12H2,1H3,(H,23,28)/t15-/m0/s1. The summed E-state index contributed by atoms with van der Waals surface area (Å²) in [6.45, 7) is 1.95. The molecule has 0 bridgehead atoms. The lowest BCUT2D eigenvalue weighted by Crippen LogP contribution is -2.32. The smallest absolute Gasteiger partial charge is 0.273 e. The number of nitrogens with one attached hydrogen (secondary N) is 1. The molecular weight excluding hydrogens is 427 g/mol. The summed E-state index contributed by atoms with van der Waals surface area (Å²) in [6.07, 6.45) is 0.529. The molecule has 3 aromatic rings. The van der Waals surface area contributed by atoms with Crippen LogP contribution in [0.2, 0.25) is 0 Å². The lowest BCUT2D eigenvalue weighted by Gasteiger charge is -2.15. The summed E-state index contributed by atoms with van der Waals surface area (Å²) in [5.74, 6) is -0.840. The van der Waals surface area contributed by atoms with Crippen molar-refractivity contribution in [3.8, 4) is 5.69 Å². The Kier molecular flexibility index (Phi) is 6.53. The van der Waals surface area contributed by atoms with Gasteiger partial charge in [0.2, 0.25) is 0 Å². The minimum absolute atomic E-state index is 0.0959. The number of halogens is 2. The van der Waals surface area contributed by atoms with Gasteiger partial charge in [0.15, 0.2) is 5.69 Å². The maximum Gasteiger partial charge on any atom is 0.273 e. The van der Waals surface area contributed by atoms with E-state index in [1.807, 2.05) is 24.3 Å². The number of nitrogens with zero attached hydrogens (tertiary/aromatic N) is 3. The van der Waals surface area contributed by atoms with Crippen LogP contribution in [0.15, 0.2) is 53.0 Å². The summed E-state index contributed by atoms with van der Waals surface area (Å²) >= 11 is 3.41. The second-order valence-electron chi connectivity index (χ2n) is 6.50. The lowest BCUT2D eigenvalue weighted by atomic mass is 10.00. The van der Waals surface area contributed by atoms with Gasteiger partial charge in [-0.2, -0.15) is 0 Å². The van der Waals surface area contributed by atoms with Crippen molar-refractivity contribution in [2.24, 2.45) is 5.92 Å². The summed E-state index contributed by atoms with van der Waals surface area (Å²) in [4.78, 5) is 12.5. The minimum Gasteiger partial charge on any atom is -0.396 e. The molecule has 2 N–H and O–H groups in total. The van der Waals surface area contributed by atoms with Gasteiger partial charge >= 0.3 is 0 Å². The molecule has 0 unspecified atom stereocenters. The first kappa shape index (κ1) is 20.2. The van der Waals surface area contributed by atoms with E-state index in [9.17, 15) is 14.3 Å². The second-order valence-corrected chi connectivity index (χ2v) is 7.42. The molecule has 1 heterocycles. The molecule has 0 saturated carbocycles. The van der Waals surface area contributed by atoms with E-state index in [1.54, 1.807) is 23.7 Å². The first-order valence-electron chi connectivity index (χ1n) is 8.79. The van der Waals surface area contributed by atoms with Gasteiger partial charge in [0.05, 0.1) is 11.4 Å². The molecule has 28 heavy (non-hydrogen) atoms. The van der Waals surface area contributed by atoms with Gasteiger partial charge in [-0.1, -0.05) is 39.3 Å². The molecule has 146 valence electrons. The molecule has 0 fully saturated rings. The van der Waals surface area contributed by atoms with Gasteiger partial charge < -0.3 is 10.4 Å². The summed E-state index contributed by atoms with van der Waals surface area (Å²) in [7, 11) is 0. The Morgan fingerprint density at radius 3 is 2.71 bits per heavy atom. The van der Waals surface area contributed by atoms with Crippen LogP contribution in [0.5, 0.6) is 0 Å². The van der Waals surface area contributed by atoms with Crippen molar-refractivity contribution in [1.29, 1.82) is 0 Å². The first-order valence-corrected chi connectivity index (χ1v) is 9.59. The van der Waals surface area contributed by atoms with Crippen molar-refractivity contribution in [3.63, 3.8) is 0 Å². The van der Waals surface area contributed by atoms with E-state index < -0.39 is 0 Å². The number of benzene rings is 2. The normalized spacial score (nSPS) is 12.0. The van der Waals surface area contributed by atoms with Gasteiger partial charge in [0.1, 0.15) is 5.82 Å². The van der Waals surface area contributed by atoms with E-state index in [1.165, 1.54) is 12.1 Å². The van der Waals surface area contributed by atoms with Crippen molar-refractivity contribution in [1.82, 2.24) is 20.3 Å². The Bertz CT molecular complexity index is 959. The quantitative estimate of drug-likeness (QED) is 0.584. The molecule has 2 aromatic carbocycles. The average Bonchev–Trinajstić information content (AvgIpc) is 3.08. The van der Waals surface area contributed by atoms with Crippen LogP contribution in [0.4, 0.5) is 4.39 Å². The molecule has 0 aliphatic rings. The fourth-order valence-electron chi connectivity index (χ4n) is 2.87. The Hall–Kier alpha value is -2.58. The highest BCUT2D eigenvalue weighted by Crippen LogP contribution is 2.17. The van der Waals surface area contributed by atoms with Crippen molar-refractivity contribution < 1.29 is 14.3 Å². The topological polar surface area (TPSA) is 80.0 Å². The van der Waals surface area contributed by atoms with Gasteiger partial charge in [0.25, 0.3) is 5.91 Å². The van der Waals surface area contributed by atoms with Gasteiger partial charge in [-0.25, -0.2) is 9.07 Å². The number of aromatic nitrogens is 3. The van der Waals surface area contributed by atoms with Crippen LogP contribution >= 0.6 is 15.9 Å². The molecule has 0 spiro atoms. The molecule has 1 aromatic heterocycles. The number of hydrogen-bond donors (Lipinski definition) is 2. The number of hydrogen-bond acceptors (Lipinski definition) is 4. The Morgan fingerprint density at radius 2 is 2.04 bits per heavy atom. The third kappa shape index (κ3) is 4.82. The SMILES string of the molecule is Cc1c(C(=O)NC[C@@H](CO)Cc2ccc(F)cc2)nnn1-c1cccc(Br)c1. The fraction of sp³-hybridized carbons (Fsp3) is 0.250. The van der Waals surface area contributed by atoms with Crippen LogP contribution in [0.25, 0.3) is 5.69 Å². The van der Waals surface area contributed by atoms with E-state index in [-0.39, 0.29) is 36.5 Å². The maximum atomic E-state index is 13.0. The number of carbonyl (C=O) groups excluding carboxylic acids is 1. The number of amides is 1. The first-order chi connectivity index (χ1) is 13.5. The highest BCUT2D eigenvalue weighted by Gasteiger charge is 2.19. The summed E-state index contributed by atoms with van der Waals surface area (Å²) in [5.41, 5.74) is 2.54. The number of aliphatic hydroxyl groups is 1. The Morgan fingerprint density at radius 1 is 1.29 bits per heavy atom. The van der Waals surface area contributed by atoms with E-state index in [2.05, 4.69) is 31.6 Å². The molecule has 1 atom stereocenters. The number of carbonyl (C=O) groups is 1. The number of aliphatic hydroxyl groups excluding tert-OH is 1.